The van der Waals surface area contributed by atoms with Gasteiger partial charge in [-0.15, -0.1) is 0 Å². The average molecular weight is 433 g/mol. The van der Waals surface area contributed by atoms with Crippen molar-refractivity contribution < 1.29 is 9.59 Å². The lowest BCUT2D eigenvalue weighted by Crippen LogP contribution is -2.48. The fraction of sp³-hybridized carbons (Fsp3) is 0.462. The van der Waals surface area contributed by atoms with Crippen molar-refractivity contribution in [3.8, 4) is 0 Å². The molecule has 3 atom stereocenters. The number of nitrogens with zero attached hydrogens (tertiary/aromatic N) is 3. The highest BCUT2D eigenvalue weighted by Gasteiger charge is 2.59. The largest absolute Gasteiger partial charge is 0.378 e. The molecule has 0 bridgehead atoms. The molecule has 2 aromatic rings. The predicted molar refractivity (Wildman–Crippen MR) is 125 cm³/mol. The molecule has 1 saturated carbocycles. The summed E-state index contributed by atoms with van der Waals surface area (Å²) in [5, 5.41) is 2.01. The SMILES string of the molecule is CN(C)c1ccc([C@H]2NN(Cc3ccccc3)[C@@H]3C(=O)N(C4CCCCC4)C(=O)[C@H]23)cc1. The highest BCUT2D eigenvalue weighted by Crippen LogP contribution is 2.43. The molecule has 1 N–H and O–H groups in total. The second-order valence-corrected chi connectivity index (χ2v) is 9.52. The van der Waals surface area contributed by atoms with Gasteiger partial charge in [0.1, 0.15) is 6.04 Å². The van der Waals surface area contributed by atoms with Gasteiger partial charge in [0.25, 0.3) is 0 Å². The van der Waals surface area contributed by atoms with Crippen LogP contribution >= 0.6 is 0 Å². The third-order valence-electron chi connectivity index (χ3n) is 7.26. The maximum absolute atomic E-state index is 13.7. The minimum absolute atomic E-state index is 0.00310. The number of amides is 2. The number of rotatable bonds is 5. The van der Waals surface area contributed by atoms with Gasteiger partial charge in [0.2, 0.25) is 11.8 Å². The number of hydrazine groups is 1. The molecule has 0 unspecified atom stereocenters. The van der Waals surface area contributed by atoms with Gasteiger partial charge in [0.05, 0.1) is 12.0 Å². The first-order valence-electron chi connectivity index (χ1n) is 11.8. The molecule has 32 heavy (non-hydrogen) atoms. The molecule has 2 amide bonds. The van der Waals surface area contributed by atoms with E-state index in [9.17, 15) is 9.59 Å². The topological polar surface area (TPSA) is 55.9 Å². The lowest BCUT2D eigenvalue weighted by molar-refractivity contribution is -0.145. The number of carbonyl (C=O) groups is 2. The van der Waals surface area contributed by atoms with Gasteiger partial charge in [-0.1, -0.05) is 61.7 Å². The summed E-state index contributed by atoms with van der Waals surface area (Å²) in [7, 11) is 4.03. The van der Waals surface area contributed by atoms with Gasteiger partial charge in [0, 0.05) is 32.4 Å². The maximum Gasteiger partial charge on any atom is 0.249 e. The zero-order valence-corrected chi connectivity index (χ0v) is 18.9. The number of carbonyl (C=O) groups excluding carboxylic acids is 2. The monoisotopic (exact) mass is 432 g/mol. The zero-order chi connectivity index (χ0) is 22.2. The normalized spacial score (nSPS) is 26.6. The average Bonchev–Trinajstić information content (AvgIpc) is 3.31. The molecule has 168 valence electrons. The fourth-order valence-corrected chi connectivity index (χ4v) is 5.58. The maximum atomic E-state index is 13.7. The molecule has 2 heterocycles. The minimum Gasteiger partial charge on any atom is -0.378 e. The number of hydrogen-bond acceptors (Lipinski definition) is 5. The third-order valence-corrected chi connectivity index (χ3v) is 7.26. The van der Waals surface area contributed by atoms with E-state index >= 15 is 0 Å². The van der Waals surface area contributed by atoms with Crippen LogP contribution in [0, 0.1) is 5.92 Å². The summed E-state index contributed by atoms with van der Waals surface area (Å²) >= 11 is 0. The molecule has 6 heteroatoms. The van der Waals surface area contributed by atoms with Crippen LogP contribution in [0.3, 0.4) is 0 Å². The van der Waals surface area contributed by atoms with Gasteiger partial charge in [-0.3, -0.25) is 14.5 Å². The molecular weight excluding hydrogens is 400 g/mol. The molecule has 2 saturated heterocycles. The molecule has 6 nitrogen and oxygen atoms in total. The van der Waals surface area contributed by atoms with E-state index in [0.717, 1.165) is 42.5 Å². The lowest BCUT2D eigenvalue weighted by Gasteiger charge is -2.32. The van der Waals surface area contributed by atoms with Crippen molar-refractivity contribution in [2.75, 3.05) is 19.0 Å². The summed E-state index contributed by atoms with van der Waals surface area (Å²) < 4.78 is 0. The Bertz CT molecular complexity index is 969. The van der Waals surface area contributed by atoms with E-state index in [1.165, 1.54) is 6.42 Å². The molecule has 3 aliphatic rings. The van der Waals surface area contributed by atoms with Gasteiger partial charge in [-0.25, -0.2) is 10.4 Å². The predicted octanol–water partition coefficient (Wildman–Crippen LogP) is 3.50. The van der Waals surface area contributed by atoms with Gasteiger partial charge in [-0.2, -0.15) is 0 Å². The first-order valence-corrected chi connectivity index (χ1v) is 11.8. The Kier molecular flexibility index (Phi) is 5.74. The van der Waals surface area contributed by atoms with Gasteiger partial charge in [0.15, 0.2) is 0 Å². The summed E-state index contributed by atoms with van der Waals surface area (Å²) in [4.78, 5) is 31.0. The highest BCUT2D eigenvalue weighted by molar-refractivity contribution is 6.08. The number of nitrogens with one attached hydrogen (secondary N) is 1. The number of hydrogen-bond donors (Lipinski definition) is 1. The molecule has 5 rings (SSSR count). The van der Waals surface area contributed by atoms with Crippen molar-refractivity contribution in [3.63, 3.8) is 0 Å². The van der Waals surface area contributed by atoms with E-state index < -0.39 is 12.0 Å². The van der Waals surface area contributed by atoms with E-state index in [4.69, 9.17) is 0 Å². The first kappa shape index (κ1) is 21.2. The summed E-state index contributed by atoms with van der Waals surface area (Å²) in [5.74, 6) is -0.419. The fourth-order valence-electron chi connectivity index (χ4n) is 5.58. The number of anilines is 1. The Balaban J connectivity index is 1.48. The number of fused-ring (bicyclic) bond motifs is 1. The van der Waals surface area contributed by atoms with Crippen LogP contribution in [0.15, 0.2) is 54.6 Å². The summed E-state index contributed by atoms with van der Waals surface area (Å²) in [5.41, 5.74) is 6.83. The molecule has 0 spiro atoms. The molecular formula is C26H32N4O2. The Morgan fingerprint density at radius 3 is 2.25 bits per heavy atom. The third kappa shape index (κ3) is 3.71. The highest BCUT2D eigenvalue weighted by atomic mass is 16.2. The van der Waals surface area contributed by atoms with Crippen LogP contribution in [0.4, 0.5) is 5.69 Å². The Morgan fingerprint density at radius 1 is 0.906 bits per heavy atom. The van der Waals surface area contributed by atoms with Crippen molar-refractivity contribution in [1.29, 1.82) is 0 Å². The van der Waals surface area contributed by atoms with Crippen molar-refractivity contribution in [2.45, 2.75) is 56.8 Å². The van der Waals surface area contributed by atoms with E-state index in [1.54, 1.807) is 4.90 Å². The quantitative estimate of drug-likeness (QED) is 0.733. The first-order chi connectivity index (χ1) is 15.5. The summed E-state index contributed by atoms with van der Waals surface area (Å²) in [6.07, 6.45) is 5.26. The van der Waals surface area contributed by atoms with Crippen molar-refractivity contribution in [2.24, 2.45) is 5.92 Å². The molecule has 1 aliphatic carbocycles. The number of imide groups is 1. The van der Waals surface area contributed by atoms with Crippen LogP contribution < -0.4 is 10.3 Å². The van der Waals surface area contributed by atoms with Crippen LogP contribution in [0.2, 0.25) is 0 Å². The minimum atomic E-state index is -0.455. The van der Waals surface area contributed by atoms with E-state index in [1.807, 2.05) is 37.3 Å². The number of benzene rings is 2. The second-order valence-electron chi connectivity index (χ2n) is 9.52. The standard InChI is InChI=1S/C26H32N4O2/c1-28(2)20-15-13-19(14-16-20)23-22-24(29(27-23)17-18-9-5-3-6-10-18)26(32)30(25(22)31)21-11-7-4-8-12-21/h3,5-6,9-10,13-16,21-24,27H,4,7-8,11-12,17H2,1-2H3/t22-,23-,24+/m1/s1. The van der Waals surface area contributed by atoms with Crippen molar-refractivity contribution in [1.82, 2.24) is 15.3 Å². The van der Waals surface area contributed by atoms with Gasteiger partial charge >= 0.3 is 0 Å². The molecule has 2 aliphatic heterocycles. The second kappa shape index (κ2) is 8.68. The van der Waals surface area contributed by atoms with Crippen LogP contribution in [0.1, 0.15) is 49.3 Å². The van der Waals surface area contributed by atoms with Crippen LogP contribution in [-0.2, 0) is 16.1 Å². The summed E-state index contributed by atoms with van der Waals surface area (Å²) in [6, 6.07) is 17.9. The molecule has 2 aromatic carbocycles. The molecule has 3 fully saturated rings. The Hall–Kier alpha value is -2.70. The number of likely N-dealkylation sites (tertiary alicyclic amines) is 1. The van der Waals surface area contributed by atoms with Crippen molar-refractivity contribution >= 4 is 17.5 Å². The summed E-state index contributed by atoms with van der Waals surface area (Å²) in [6.45, 7) is 0.589. The molecule has 0 radical (unpaired) electrons. The van der Waals surface area contributed by atoms with Gasteiger partial charge in [-0.05, 0) is 36.1 Å². The smallest absolute Gasteiger partial charge is 0.249 e. The van der Waals surface area contributed by atoms with Crippen molar-refractivity contribution in [3.05, 3.63) is 65.7 Å². The lowest BCUT2D eigenvalue weighted by atomic mass is 9.90. The van der Waals surface area contributed by atoms with Crippen LogP contribution in [-0.4, -0.2) is 47.9 Å². The zero-order valence-electron chi connectivity index (χ0n) is 18.9. The molecule has 0 aromatic heterocycles. The van der Waals surface area contributed by atoms with Gasteiger partial charge < -0.3 is 4.90 Å². The van der Waals surface area contributed by atoms with E-state index in [2.05, 4.69) is 46.7 Å². The van der Waals surface area contributed by atoms with E-state index in [0.29, 0.717) is 6.54 Å². The van der Waals surface area contributed by atoms with Crippen LogP contribution in [0.5, 0.6) is 0 Å². The Labute approximate surface area is 190 Å². The van der Waals surface area contributed by atoms with Crippen LogP contribution in [0.25, 0.3) is 0 Å². The Morgan fingerprint density at radius 2 is 1.59 bits per heavy atom. The van der Waals surface area contributed by atoms with E-state index in [-0.39, 0.29) is 23.9 Å².